The van der Waals surface area contributed by atoms with Crippen LogP contribution in [0, 0.1) is 5.82 Å². The number of pyridine rings is 1. The second-order valence-electron chi connectivity index (χ2n) is 7.16. The van der Waals surface area contributed by atoms with E-state index in [9.17, 15) is 19.4 Å². The maximum atomic E-state index is 13.6. The molecular formula is C25H20FN3O5. The Labute approximate surface area is 194 Å². The number of aromatic hydroxyl groups is 2. The number of carbonyl (C=O) groups excluding carboxylic acids is 1. The van der Waals surface area contributed by atoms with Crippen molar-refractivity contribution in [2.24, 2.45) is 5.16 Å². The molecule has 0 bridgehead atoms. The normalized spacial score (nSPS) is 11.0. The van der Waals surface area contributed by atoms with Gasteiger partial charge in [-0.1, -0.05) is 5.16 Å². The highest BCUT2D eigenvalue weighted by Gasteiger charge is 2.30. The van der Waals surface area contributed by atoms with E-state index in [0.717, 1.165) is 0 Å². The minimum Gasteiger partial charge on any atom is -0.503 e. The Balaban J connectivity index is 1.92. The second kappa shape index (κ2) is 9.45. The lowest BCUT2D eigenvalue weighted by molar-refractivity contribution is 0.103. The summed E-state index contributed by atoms with van der Waals surface area (Å²) in [5, 5.41) is 25.3. The van der Waals surface area contributed by atoms with Crippen LogP contribution in [0.2, 0.25) is 0 Å². The van der Waals surface area contributed by atoms with Gasteiger partial charge in [0.1, 0.15) is 24.5 Å². The van der Waals surface area contributed by atoms with Crippen LogP contribution in [-0.2, 0) is 4.84 Å². The minimum atomic E-state index is -0.619. The molecule has 2 heterocycles. The van der Waals surface area contributed by atoms with E-state index in [4.69, 9.17) is 4.74 Å². The SMILES string of the molecule is CO/N=C\c1ccc(-n2c(O)c(O)c(C(=O)c3ccc(OC)cc3)c2-c2ccc(F)cc2)nc1. The molecule has 8 nitrogen and oxygen atoms in total. The predicted molar refractivity (Wildman–Crippen MR) is 123 cm³/mol. The Morgan fingerprint density at radius 3 is 2.32 bits per heavy atom. The van der Waals surface area contributed by atoms with Gasteiger partial charge in [0.25, 0.3) is 0 Å². The molecule has 2 N–H and O–H groups in total. The highest BCUT2D eigenvalue weighted by atomic mass is 19.1. The molecule has 4 aromatic rings. The topological polar surface area (TPSA) is 106 Å². The van der Waals surface area contributed by atoms with Crippen LogP contribution >= 0.6 is 0 Å². The zero-order chi connectivity index (χ0) is 24.2. The van der Waals surface area contributed by atoms with Crippen LogP contribution in [-0.4, -0.2) is 46.0 Å². The largest absolute Gasteiger partial charge is 0.503 e. The standard InChI is InChI=1S/C25H20FN3O5/c1-33-19-10-6-17(7-11-19)23(30)21-22(16-4-8-18(26)9-5-16)29(25(32)24(21)31)20-12-3-15(13-27-20)14-28-34-2/h3-14,31-32H,1-2H3/b28-14-. The summed E-state index contributed by atoms with van der Waals surface area (Å²) in [6.45, 7) is 0. The van der Waals surface area contributed by atoms with Crippen molar-refractivity contribution in [2.45, 2.75) is 0 Å². The average molecular weight is 461 g/mol. The number of nitrogens with zero attached hydrogens (tertiary/aromatic N) is 3. The van der Waals surface area contributed by atoms with E-state index in [1.54, 1.807) is 36.4 Å². The van der Waals surface area contributed by atoms with Gasteiger partial charge in [0.05, 0.1) is 24.6 Å². The molecule has 0 amide bonds. The third-order valence-electron chi connectivity index (χ3n) is 5.12. The molecule has 4 rings (SSSR count). The maximum absolute atomic E-state index is 13.6. The van der Waals surface area contributed by atoms with Crippen LogP contribution in [0.5, 0.6) is 17.4 Å². The van der Waals surface area contributed by atoms with Gasteiger partial charge in [0.2, 0.25) is 5.88 Å². The van der Waals surface area contributed by atoms with Crippen LogP contribution in [0.15, 0.2) is 72.0 Å². The Kier molecular flexibility index (Phi) is 6.26. The Bertz CT molecular complexity index is 1350. The zero-order valence-electron chi connectivity index (χ0n) is 18.3. The van der Waals surface area contributed by atoms with Crippen molar-refractivity contribution in [3.8, 4) is 34.5 Å². The molecular weight excluding hydrogens is 441 g/mol. The summed E-state index contributed by atoms with van der Waals surface area (Å²) in [5.74, 6) is -1.44. The quantitative estimate of drug-likeness (QED) is 0.241. The Hall–Kier alpha value is -4.66. The summed E-state index contributed by atoms with van der Waals surface area (Å²) in [4.78, 5) is 22.4. The van der Waals surface area contributed by atoms with Crippen LogP contribution < -0.4 is 4.74 Å². The first-order chi connectivity index (χ1) is 16.4. The summed E-state index contributed by atoms with van der Waals surface area (Å²) >= 11 is 0. The van der Waals surface area contributed by atoms with Gasteiger partial charge in [-0.05, 0) is 66.2 Å². The average Bonchev–Trinajstić information content (AvgIpc) is 3.13. The van der Waals surface area contributed by atoms with Crippen LogP contribution in [0.25, 0.3) is 17.1 Å². The number of methoxy groups -OCH3 is 1. The predicted octanol–water partition coefficient (Wildman–Crippen LogP) is 4.31. The summed E-state index contributed by atoms with van der Waals surface area (Å²) in [5.41, 5.74) is 1.28. The van der Waals surface area contributed by atoms with E-state index in [-0.39, 0.29) is 22.6 Å². The van der Waals surface area contributed by atoms with Crippen molar-refractivity contribution in [1.82, 2.24) is 9.55 Å². The van der Waals surface area contributed by atoms with Crippen molar-refractivity contribution in [3.63, 3.8) is 0 Å². The second-order valence-corrected chi connectivity index (χ2v) is 7.16. The number of hydrogen-bond donors (Lipinski definition) is 2. The number of ketones is 1. The number of aromatic nitrogens is 2. The van der Waals surface area contributed by atoms with Crippen LogP contribution in [0.3, 0.4) is 0 Å². The van der Waals surface area contributed by atoms with Crippen molar-refractivity contribution in [2.75, 3.05) is 14.2 Å². The molecule has 2 aromatic heterocycles. The molecule has 0 saturated heterocycles. The van der Waals surface area contributed by atoms with Crippen molar-refractivity contribution < 1.29 is 29.0 Å². The molecule has 172 valence electrons. The van der Waals surface area contributed by atoms with E-state index in [2.05, 4.69) is 15.0 Å². The highest BCUT2D eigenvalue weighted by Crippen LogP contribution is 2.43. The molecule has 0 spiro atoms. The molecule has 0 unspecified atom stereocenters. The number of oxime groups is 1. The molecule has 2 aromatic carbocycles. The lowest BCUT2D eigenvalue weighted by Crippen LogP contribution is -2.06. The summed E-state index contributed by atoms with van der Waals surface area (Å²) < 4.78 is 20.0. The third kappa shape index (κ3) is 4.18. The van der Waals surface area contributed by atoms with Gasteiger partial charge in [-0.15, -0.1) is 0 Å². The molecule has 9 heteroatoms. The van der Waals surface area contributed by atoms with Crippen molar-refractivity contribution in [3.05, 3.63) is 89.4 Å². The lowest BCUT2D eigenvalue weighted by atomic mass is 9.99. The monoisotopic (exact) mass is 461 g/mol. The molecule has 0 aliphatic rings. The number of hydrogen-bond acceptors (Lipinski definition) is 7. The van der Waals surface area contributed by atoms with Gasteiger partial charge >= 0.3 is 0 Å². The van der Waals surface area contributed by atoms with Gasteiger partial charge in [0, 0.05) is 17.3 Å². The molecule has 0 radical (unpaired) electrons. The van der Waals surface area contributed by atoms with Gasteiger partial charge in [-0.2, -0.15) is 0 Å². The van der Waals surface area contributed by atoms with Gasteiger partial charge < -0.3 is 19.8 Å². The minimum absolute atomic E-state index is 0.152. The van der Waals surface area contributed by atoms with Gasteiger partial charge in [0.15, 0.2) is 11.5 Å². The van der Waals surface area contributed by atoms with E-state index < -0.39 is 23.2 Å². The summed E-state index contributed by atoms with van der Waals surface area (Å²) in [7, 11) is 2.92. The lowest BCUT2D eigenvalue weighted by Gasteiger charge is -2.12. The number of halogens is 1. The fourth-order valence-electron chi connectivity index (χ4n) is 3.47. The molecule has 0 saturated carbocycles. The number of carbonyl (C=O) groups is 1. The van der Waals surface area contributed by atoms with Crippen LogP contribution in [0.4, 0.5) is 4.39 Å². The molecule has 0 aliphatic heterocycles. The smallest absolute Gasteiger partial charge is 0.241 e. The van der Waals surface area contributed by atoms with Crippen molar-refractivity contribution in [1.29, 1.82) is 0 Å². The Morgan fingerprint density at radius 2 is 1.74 bits per heavy atom. The van der Waals surface area contributed by atoms with Gasteiger partial charge in [-0.3, -0.25) is 9.36 Å². The van der Waals surface area contributed by atoms with Crippen molar-refractivity contribution >= 4 is 12.0 Å². The number of rotatable bonds is 7. The fraction of sp³-hybridized carbons (Fsp3) is 0.0800. The van der Waals surface area contributed by atoms with Crippen LogP contribution in [0.1, 0.15) is 21.5 Å². The number of ether oxygens (including phenoxy) is 1. The molecule has 0 atom stereocenters. The first-order valence-corrected chi connectivity index (χ1v) is 10.1. The first kappa shape index (κ1) is 22.5. The third-order valence-corrected chi connectivity index (χ3v) is 5.12. The molecule has 34 heavy (non-hydrogen) atoms. The van der Waals surface area contributed by atoms with E-state index in [1.807, 2.05) is 0 Å². The summed E-state index contributed by atoms with van der Waals surface area (Å²) in [6.07, 6.45) is 2.93. The number of benzene rings is 2. The first-order valence-electron chi connectivity index (χ1n) is 10.1. The van der Waals surface area contributed by atoms with E-state index >= 15 is 0 Å². The molecule has 0 fully saturated rings. The Morgan fingerprint density at radius 1 is 1.03 bits per heavy atom. The zero-order valence-corrected chi connectivity index (χ0v) is 18.3. The highest BCUT2D eigenvalue weighted by molar-refractivity contribution is 6.15. The maximum Gasteiger partial charge on any atom is 0.241 e. The molecule has 0 aliphatic carbocycles. The summed E-state index contributed by atoms with van der Waals surface area (Å²) in [6, 6.07) is 14.9. The fourth-order valence-corrected chi connectivity index (χ4v) is 3.47. The van der Waals surface area contributed by atoms with E-state index in [1.165, 1.54) is 55.5 Å². The van der Waals surface area contributed by atoms with E-state index in [0.29, 0.717) is 16.9 Å². The van der Waals surface area contributed by atoms with Gasteiger partial charge in [-0.25, -0.2) is 9.37 Å².